The molecule has 27 heavy (non-hydrogen) atoms. The Labute approximate surface area is 154 Å². The number of halogens is 3. The fourth-order valence-electron chi connectivity index (χ4n) is 3.35. The van der Waals surface area contributed by atoms with Crippen LogP contribution in [0.1, 0.15) is 25.0 Å². The number of anilines is 1. The summed E-state index contributed by atoms with van der Waals surface area (Å²) in [5, 5.41) is 4.21. The molecule has 0 spiro atoms. The van der Waals surface area contributed by atoms with Crippen molar-refractivity contribution in [2.45, 2.75) is 25.4 Å². The predicted molar refractivity (Wildman–Crippen MR) is 96.0 cm³/mol. The second-order valence-electron chi connectivity index (χ2n) is 6.57. The van der Waals surface area contributed by atoms with Crippen molar-refractivity contribution in [1.29, 1.82) is 0 Å². The topological polar surface area (TPSA) is 42.7 Å². The number of nitrogens with zero attached hydrogens (tertiary/aromatic N) is 4. The zero-order valence-electron chi connectivity index (χ0n) is 14.8. The van der Waals surface area contributed by atoms with Crippen molar-refractivity contribution >= 4 is 11.5 Å². The van der Waals surface area contributed by atoms with Gasteiger partial charge in [-0.25, -0.2) is 9.50 Å². The van der Waals surface area contributed by atoms with Crippen LogP contribution in [0.2, 0.25) is 0 Å². The van der Waals surface area contributed by atoms with Gasteiger partial charge in [-0.1, -0.05) is 0 Å². The van der Waals surface area contributed by atoms with Crippen molar-refractivity contribution in [2.75, 3.05) is 25.1 Å². The third kappa shape index (κ3) is 3.43. The van der Waals surface area contributed by atoms with E-state index in [9.17, 15) is 13.2 Å². The van der Waals surface area contributed by atoms with Crippen LogP contribution in [0.4, 0.5) is 19.0 Å². The van der Waals surface area contributed by atoms with E-state index in [2.05, 4.69) is 10.1 Å². The number of ether oxygens (including phenoxy) is 1. The Morgan fingerprint density at radius 3 is 2.33 bits per heavy atom. The SMILES string of the molecule is COc1ccc(-c2cc(C(F)(F)F)n3nc(N4CCCCC4)cc3n2)cc1. The number of aromatic nitrogens is 3. The Bertz CT molecular complexity index is 944. The molecule has 3 heterocycles. The molecule has 1 aliphatic heterocycles. The molecular weight excluding hydrogens is 357 g/mol. The van der Waals surface area contributed by atoms with E-state index in [1.165, 1.54) is 7.11 Å². The molecule has 1 aromatic carbocycles. The fourth-order valence-corrected chi connectivity index (χ4v) is 3.35. The highest BCUT2D eigenvalue weighted by Crippen LogP contribution is 2.33. The first kappa shape index (κ1) is 17.6. The minimum absolute atomic E-state index is 0.191. The first-order valence-corrected chi connectivity index (χ1v) is 8.83. The Hall–Kier alpha value is -2.77. The summed E-state index contributed by atoms with van der Waals surface area (Å²) in [6, 6.07) is 9.46. The fraction of sp³-hybridized carbons (Fsp3) is 0.368. The summed E-state index contributed by atoms with van der Waals surface area (Å²) in [5.41, 5.74) is 0.199. The lowest BCUT2D eigenvalue weighted by Gasteiger charge is -2.26. The molecule has 0 bridgehead atoms. The molecule has 0 aliphatic carbocycles. The monoisotopic (exact) mass is 376 g/mol. The first-order chi connectivity index (χ1) is 13.0. The van der Waals surface area contributed by atoms with Gasteiger partial charge < -0.3 is 9.64 Å². The quantitative estimate of drug-likeness (QED) is 0.679. The van der Waals surface area contributed by atoms with Crippen molar-refractivity contribution in [2.24, 2.45) is 0 Å². The maximum absolute atomic E-state index is 13.7. The molecule has 0 saturated carbocycles. The summed E-state index contributed by atoms with van der Waals surface area (Å²) in [6.45, 7) is 1.60. The minimum atomic E-state index is -4.53. The molecule has 5 nitrogen and oxygen atoms in total. The second kappa shape index (κ2) is 6.75. The van der Waals surface area contributed by atoms with Crippen LogP contribution >= 0.6 is 0 Å². The molecule has 1 saturated heterocycles. The number of piperidine rings is 1. The van der Waals surface area contributed by atoms with E-state index in [0.717, 1.165) is 42.9 Å². The number of rotatable bonds is 3. The normalized spacial score (nSPS) is 15.3. The molecule has 0 atom stereocenters. The molecule has 3 aromatic rings. The number of hydrogen-bond donors (Lipinski definition) is 0. The van der Waals surface area contributed by atoms with Gasteiger partial charge >= 0.3 is 6.18 Å². The van der Waals surface area contributed by atoms with Gasteiger partial charge in [0.05, 0.1) is 12.8 Å². The van der Waals surface area contributed by atoms with E-state index in [1.54, 1.807) is 30.3 Å². The Morgan fingerprint density at radius 1 is 1.00 bits per heavy atom. The van der Waals surface area contributed by atoms with E-state index in [1.807, 2.05) is 4.90 Å². The summed E-state index contributed by atoms with van der Waals surface area (Å²) in [4.78, 5) is 6.44. The summed E-state index contributed by atoms with van der Waals surface area (Å²) in [7, 11) is 1.54. The molecule has 0 N–H and O–H groups in total. The molecule has 0 unspecified atom stereocenters. The summed E-state index contributed by atoms with van der Waals surface area (Å²) < 4.78 is 47.0. The van der Waals surface area contributed by atoms with Gasteiger partial charge in [0, 0.05) is 24.7 Å². The lowest BCUT2D eigenvalue weighted by Crippen LogP contribution is -2.29. The van der Waals surface area contributed by atoms with Gasteiger partial charge in [-0.15, -0.1) is 5.10 Å². The molecule has 0 amide bonds. The molecular formula is C19H19F3N4O. The molecule has 1 aliphatic rings. The lowest BCUT2D eigenvalue weighted by atomic mass is 10.1. The largest absolute Gasteiger partial charge is 0.497 e. The molecule has 4 rings (SSSR count). The summed E-state index contributed by atoms with van der Waals surface area (Å²) in [6.07, 6.45) is -1.36. The highest BCUT2D eigenvalue weighted by atomic mass is 19.4. The molecule has 2 aromatic heterocycles. The van der Waals surface area contributed by atoms with Crippen molar-refractivity contribution in [1.82, 2.24) is 14.6 Å². The molecule has 142 valence electrons. The zero-order chi connectivity index (χ0) is 19.0. The average Bonchev–Trinajstić information content (AvgIpc) is 3.11. The van der Waals surface area contributed by atoms with E-state index >= 15 is 0 Å². The van der Waals surface area contributed by atoms with Crippen molar-refractivity contribution in [3.63, 3.8) is 0 Å². The number of fused-ring (bicyclic) bond motifs is 1. The van der Waals surface area contributed by atoms with Gasteiger partial charge in [0.2, 0.25) is 0 Å². The predicted octanol–water partition coefficient (Wildman–Crippen LogP) is 4.41. The lowest BCUT2D eigenvalue weighted by molar-refractivity contribution is -0.142. The Kier molecular flexibility index (Phi) is 4.41. The van der Waals surface area contributed by atoms with Crippen LogP contribution < -0.4 is 9.64 Å². The van der Waals surface area contributed by atoms with Gasteiger partial charge in [-0.05, 0) is 49.6 Å². The molecule has 1 fully saturated rings. The van der Waals surface area contributed by atoms with Crippen LogP contribution in [0.15, 0.2) is 36.4 Å². The van der Waals surface area contributed by atoms with Crippen LogP contribution in [-0.2, 0) is 6.18 Å². The van der Waals surface area contributed by atoms with E-state index in [4.69, 9.17) is 4.74 Å². The minimum Gasteiger partial charge on any atom is -0.497 e. The third-order valence-corrected chi connectivity index (χ3v) is 4.77. The maximum Gasteiger partial charge on any atom is 0.433 e. The van der Waals surface area contributed by atoms with Crippen LogP contribution in [0, 0.1) is 0 Å². The van der Waals surface area contributed by atoms with Gasteiger partial charge in [-0.2, -0.15) is 13.2 Å². The van der Waals surface area contributed by atoms with E-state index < -0.39 is 11.9 Å². The van der Waals surface area contributed by atoms with Crippen LogP contribution in [-0.4, -0.2) is 34.8 Å². The van der Waals surface area contributed by atoms with E-state index in [0.29, 0.717) is 17.1 Å². The first-order valence-electron chi connectivity index (χ1n) is 8.83. The highest BCUT2D eigenvalue weighted by molar-refractivity contribution is 5.65. The maximum atomic E-state index is 13.7. The van der Waals surface area contributed by atoms with Gasteiger partial charge in [0.1, 0.15) is 5.75 Å². The number of alkyl halides is 3. The Balaban J connectivity index is 1.83. The standard InChI is InChI=1S/C19H19F3N4O/c1-27-14-7-5-13(6-8-14)15-11-16(19(20,21)22)26-17(23-15)12-18(24-26)25-9-3-2-4-10-25/h5-8,11-12H,2-4,9-10H2,1H3. The van der Waals surface area contributed by atoms with Crippen LogP contribution in [0.25, 0.3) is 16.9 Å². The van der Waals surface area contributed by atoms with Gasteiger partial charge in [0.15, 0.2) is 17.2 Å². The highest BCUT2D eigenvalue weighted by Gasteiger charge is 2.35. The number of benzene rings is 1. The smallest absolute Gasteiger partial charge is 0.433 e. The van der Waals surface area contributed by atoms with Crippen molar-refractivity contribution in [3.05, 3.63) is 42.1 Å². The third-order valence-electron chi connectivity index (χ3n) is 4.77. The summed E-state index contributed by atoms with van der Waals surface area (Å²) in [5.74, 6) is 1.17. The molecule has 0 radical (unpaired) electrons. The summed E-state index contributed by atoms with van der Waals surface area (Å²) >= 11 is 0. The molecule has 8 heteroatoms. The Morgan fingerprint density at radius 2 is 1.70 bits per heavy atom. The van der Waals surface area contributed by atoms with Crippen LogP contribution in [0.3, 0.4) is 0 Å². The van der Waals surface area contributed by atoms with Crippen LogP contribution in [0.5, 0.6) is 5.75 Å². The average molecular weight is 376 g/mol. The second-order valence-corrected chi connectivity index (χ2v) is 6.57. The van der Waals surface area contributed by atoms with E-state index in [-0.39, 0.29) is 11.3 Å². The number of hydrogen-bond acceptors (Lipinski definition) is 4. The number of methoxy groups -OCH3 is 1. The van der Waals surface area contributed by atoms with Crippen molar-refractivity contribution < 1.29 is 17.9 Å². The van der Waals surface area contributed by atoms with Crippen molar-refractivity contribution in [3.8, 4) is 17.0 Å². The zero-order valence-corrected chi connectivity index (χ0v) is 14.8. The van der Waals surface area contributed by atoms with Gasteiger partial charge in [0.25, 0.3) is 0 Å². The van der Waals surface area contributed by atoms with Gasteiger partial charge in [-0.3, -0.25) is 0 Å².